The second-order valence-electron chi connectivity index (χ2n) is 4.89. The van der Waals surface area contributed by atoms with Crippen molar-refractivity contribution in [2.45, 2.75) is 32.7 Å². The van der Waals surface area contributed by atoms with Gasteiger partial charge in [-0.2, -0.15) is 0 Å². The summed E-state index contributed by atoms with van der Waals surface area (Å²) in [6.45, 7) is 5.21. The molecule has 0 radical (unpaired) electrons. The third-order valence-electron chi connectivity index (χ3n) is 3.43. The second kappa shape index (κ2) is 7.41. The number of benzene rings is 1. The van der Waals surface area contributed by atoms with Crippen LogP contribution in [0.1, 0.15) is 36.7 Å². The van der Waals surface area contributed by atoms with Gasteiger partial charge in [-0.1, -0.05) is 49.7 Å². The monoisotopic (exact) mass is 288 g/mol. The number of aromatic nitrogens is 1. The predicted octanol–water partition coefficient (Wildman–Crippen LogP) is 4.19. The van der Waals surface area contributed by atoms with E-state index in [1.807, 2.05) is 12.1 Å². The van der Waals surface area contributed by atoms with E-state index in [1.54, 1.807) is 6.20 Å². The normalized spacial score (nSPS) is 12.3. The van der Waals surface area contributed by atoms with Gasteiger partial charge >= 0.3 is 0 Å². The minimum atomic E-state index is 0.227. The first-order valence-corrected chi connectivity index (χ1v) is 7.53. The molecule has 1 atom stereocenters. The minimum Gasteiger partial charge on any atom is -0.309 e. The molecule has 0 amide bonds. The lowest BCUT2D eigenvalue weighted by Crippen LogP contribution is -2.23. The van der Waals surface area contributed by atoms with Crippen LogP contribution in [0.3, 0.4) is 0 Å². The molecule has 2 aromatic rings. The lowest BCUT2D eigenvalue weighted by atomic mass is 10.0. The third kappa shape index (κ3) is 4.06. The first kappa shape index (κ1) is 15.0. The molecule has 1 N–H and O–H groups in total. The number of pyridine rings is 1. The van der Waals surface area contributed by atoms with Crippen LogP contribution in [0.15, 0.2) is 42.6 Å². The van der Waals surface area contributed by atoms with Crippen LogP contribution < -0.4 is 5.32 Å². The van der Waals surface area contributed by atoms with Gasteiger partial charge in [-0.15, -0.1) is 0 Å². The highest BCUT2D eigenvalue weighted by Crippen LogP contribution is 2.18. The van der Waals surface area contributed by atoms with Gasteiger partial charge in [-0.05, 0) is 42.6 Å². The van der Waals surface area contributed by atoms with Gasteiger partial charge in [0.1, 0.15) is 0 Å². The van der Waals surface area contributed by atoms with Crippen molar-refractivity contribution in [3.05, 3.63) is 64.4 Å². The molecule has 0 aliphatic carbocycles. The fourth-order valence-electron chi connectivity index (χ4n) is 2.27. The average Bonchev–Trinajstić information content (AvgIpc) is 2.48. The largest absolute Gasteiger partial charge is 0.309 e. The van der Waals surface area contributed by atoms with Crippen molar-refractivity contribution in [3.63, 3.8) is 0 Å². The topological polar surface area (TPSA) is 24.9 Å². The quantitative estimate of drug-likeness (QED) is 0.862. The van der Waals surface area contributed by atoms with Crippen molar-refractivity contribution in [2.75, 3.05) is 6.54 Å². The fraction of sp³-hybridized carbons (Fsp3) is 0.353. The van der Waals surface area contributed by atoms with Crippen LogP contribution in [0.4, 0.5) is 0 Å². The maximum absolute atomic E-state index is 5.90. The van der Waals surface area contributed by atoms with Crippen LogP contribution >= 0.6 is 11.6 Å². The second-order valence-corrected chi connectivity index (χ2v) is 5.32. The highest BCUT2D eigenvalue weighted by molar-refractivity contribution is 6.30. The molecule has 0 spiro atoms. The van der Waals surface area contributed by atoms with E-state index < -0.39 is 0 Å². The SMILES string of the molecule is CCNC(Cc1ccc(CC)cc1)c1ccc(Cl)cn1. The van der Waals surface area contributed by atoms with Crippen molar-refractivity contribution >= 4 is 11.6 Å². The Morgan fingerprint density at radius 1 is 1.05 bits per heavy atom. The van der Waals surface area contributed by atoms with Gasteiger partial charge in [0.2, 0.25) is 0 Å². The van der Waals surface area contributed by atoms with E-state index in [0.717, 1.165) is 25.1 Å². The van der Waals surface area contributed by atoms with Crippen LogP contribution in [-0.4, -0.2) is 11.5 Å². The molecule has 106 valence electrons. The average molecular weight is 289 g/mol. The Morgan fingerprint density at radius 2 is 1.75 bits per heavy atom. The zero-order chi connectivity index (χ0) is 14.4. The Bertz CT molecular complexity index is 520. The van der Waals surface area contributed by atoms with Gasteiger partial charge in [-0.25, -0.2) is 0 Å². The number of halogens is 1. The molecule has 1 aromatic carbocycles. The molecule has 1 heterocycles. The minimum absolute atomic E-state index is 0.227. The van der Waals surface area contributed by atoms with Gasteiger partial charge in [0, 0.05) is 6.20 Å². The first-order chi connectivity index (χ1) is 9.72. The molecular formula is C17H21ClN2. The molecule has 0 aliphatic rings. The van der Waals surface area contributed by atoms with Crippen molar-refractivity contribution in [3.8, 4) is 0 Å². The van der Waals surface area contributed by atoms with Crippen molar-refractivity contribution < 1.29 is 0 Å². The molecule has 20 heavy (non-hydrogen) atoms. The van der Waals surface area contributed by atoms with E-state index in [2.05, 4.69) is 48.4 Å². The summed E-state index contributed by atoms with van der Waals surface area (Å²) >= 11 is 5.90. The summed E-state index contributed by atoms with van der Waals surface area (Å²) in [5.41, 5.74) is 3.74. The van der Waals surface area contributed by atoms with Crippen LogP contribution in [0, 0.1) is 0 Å². The summed E-state index contributed by atoms with van der Waals surface area (Å²) in [4.78, 5) is 4.43. The molecule has 2 rings (SSSR count). The van der Waals surface area contributed by atoms with E-state index >= 15 is 0 Å². The summed E-state index contributed by atoms with van der Waals surface area (Å²) in [6, 6.07) is 12.9. The molecule has 3 heteroatoms. The van der Waals surface area contributed by atoms with Gasteiger partial charge in [0.25, 0.3) is 0 Å². The molecule has 0 fully saturated rings. The van der Waals surface area contributed by atoms with Gasteiger partial charge in [0.15, 0.2) is 0 Å². The van der Waals surface area contributed by atoms with Crippen molar-refractivity contribution in [1.82, 2.24) is 10.3 Å². The number of likely N-dealkylation sites (N-methyl/N-ethyl adjacent to an activating group) is 1. The van der Waals surface area contributed by atoms with Gasteiger partial charge < -0.3 is 5.32 Å². The summed E-state index contributed by atoms with van der Waals surface area (Å²) in [7, 11) is 0. The molecule has 0 saturated carbocycles. The standard InChI is InChI=1S/C17H21ClN2/c1-3-13-5-7-14(8-6-13)11-17(19-4-2)16-10-9-15(18)12-20-16/h5-10,12,17,19H,3-4,11H2,1-2H3. The summed E-state index contributed by atoms with van der Waals surface area (Å²) in [5.74, 6) is 0. The molecule has 0 saturated heterocycles. The van der Waals surface area contributed by atoms with E-state index in [0.29, 0.717) is 5.02 Å². The lowest BCUT2D eigenvalue weighted by Gasteiger charge is -2.17. The number of aryl methyl sites for hydroxylation is 1. The van der Waals surface area contributed by atoms with Crippen LogP contribution in [0.5, 0.6) is 0 Å². The van der Waals surface area contributed by atoms with E-state index in [4.69, 9.17) is 11.6 Å². The molecular weight excluding hydrogens is 268 g/mol. The summed E-state index contributed by atoms with van der Waals surface area (Å²) < 4.78 is 0. The van der Waals surface area contributed by atoms with Crippen LogP contribution in [0.2, 0.25) is 5.02 Å². The summed E-state index contributed by atoms with van der Waals surface area (Å²) in [5, 5.41) is 4.17. The molecule has 0 bridgehead atoms. The first-order valence-electron chi connectivity index (χ1n) is 7.15. The predicted molar refractivity (Wildman–Crippen MR) is 85.2 cm³/mol. The zero-order valence-electron chi connectivity index (χ0n) is 12.1. The number of nitrogens with one attached hydrogen (secondary N) is 1. The highest BCUT2D eigenvalue weighted by Gasteiger charge is 2.12. The Labute approximate surface area is 126 Å². The third-order valence-corrected chi connectivity index (χ3v) is 3.65. The number of hydrogen-bond acceptors (Lipinski definition) is 2. The lowest BCUT2D eigenvalue weighted by molar-refractivity contribution is 0.537. The fourth-order valence-corrected chi connectivity index (χ4v) is 2.38. The Hall–Kier alpha value is -1.38. The Morgan fingerprint density at radius 3 is 2.30 bits per heavy atom. The molecule has 2 nitrogen and oxygen atoms in total. The zero-order valence-corrected chi connectivity index (χ0v) is 12.8. The number of hydrogen-bond donors (Lipinski definition) is 1. The molecule has 1 aromatic heterocycles. The number of nitrogens with zero attached hydrogens (tertiary/aromatic N) is 1. The maximum Gasteiger partial charge on any atom is 0.0589 e. The number of rotatable bonds is 6. The van der Waals surface area contributed by atoms with Gasteiger partial charge in [-0.3, -0.25) is 4.98 Å². The Kier molecular flexibility index (Phi) is 5.57. The van der Waals surface area contributed by atoms with E-state index in [1.165, 1.54) is 11.1 Å². The van der Waals surface area contributed by atoms with E-state index in [9.17, 15) is 0 Å². The highest BCUT2D eigenvalue weighted by atomic mass is 35.5. The maximum atomic E-state index is 5.90. The van der Waals surface area contributed by atoms with Crippen molar-refractivity contribution in [1.29, 1.82) is 0 Å². The van der Waals surface area contributed by atoms with Gasteiger partial charge in [0.05, 0.1) is 16.8 Å². The summed E-state index contributed by atoms with van der Waals surface area (Å²) in [6.07, 6.45) is 3.73. The van der Waals surface area contributed by atoms with E-state index in [-0.39, 0.29) is 6.04 Å². The molecule has 0 aliphatic heterocycles. The molecule has 1 unspecified atom stereocenters. The Balaban J connectivity index is 2.13. The van der Waals surface area contributed by atoms with Crippen LogP contribution in [0.25, 0.3) is 0 Å². The smallest absolute Gasteiger partial charge is 0.0589 e. The van der Waals surface area contributed by atoms with Crippen molar-refractivity contribution in [2.24, 2.45) is 0 Å². The van der Waals surface area contributed by atoms with Crippen LogP contribution in [-0.2, 0) is 12.8 Å².